The van der Waals surface area contributed by atoms with Crippen molar-refractivity contribution in [2.45, 2.75) is 46.5 Å². The molecule has 0 aromatic heterocycles. The van der Waals surface area contributed by atoms with Crippen molar-refractivity contribution >= 4 is 33.3 Å². The van der Waals surface area contributed by atoms with Gasteiger partial charge in [0, 0.05) is 45.0 Å². The number of hydrogen-bond acceptors (Lipinski definition) is 5. The van der Waals surface area contributed by atoms with Crippen molar-refractivity contribution in [2.24, 2.45) is 5.41 Å². The molecule has 2 heterocycles. The molecule has 1 atom stereocenters. The first-order valence-electron chi connectivity index (χ1n) is 11.3. The molecule has 0 radical (unpaired) electrons. The normalized spacial score (nSPS) is 20.7. The number of halogens is 1. The van der Waals surface area contributed by atoms with Crippen LogP contribution in [0.4, 0.5) is 5.69 Å². The highest BCUT2D eigenvalue weighted by Crippen LogP contribution is 2.50. The zero-order valence-electron chi connectivity index (χ0n) is 19.7. The second-order valence-electron chi connectivity index (χ2n) is 9.93. The molecule has 1 amide bonds. The molecule has 7 heteroatoms. The number of nitrogens with one attached hydrogen (secondary N) is 2. The highest BCUT2D eigenvalue weighted by atomic mass is 79.9. The number of aryl methyl sites for hydroxylation is 1. The summed E-state index contributed by atoms with van der Waals surface area (Å²) in [5.74, 6) is 0.535. The van der Waals surface area contributed by atoms with Crippen molar-refractivity contribution in [1.82, 2.24) is 5.32 Å². The summed E-state index contributed by atoms with van der Waals surface area (Å²) in [6, 6.07) is 11.4. The van der Waals surface area contributed by atoms with Crippen LogP contribution in [-0.4, -0.2) is 18.5 Å². The summed E-state index contributed by atoms with van der Waals surface area (Å²) >= 11 is 3.68. The van der Waals surface area contributed by atoms with Gasteiger partial charge in [0.1, 0.15) is 0 Å². The molecule has 0 saturated heterocycles. The number of carbonyl (C=O) groups excluding carboxylic acids is 2. The van der Waals surface area contributed by atoms with Crippen LogP contribution in [0.25, 0.3) is 0 Å². The molecule has 0 fully saturated rings. The Morgan fingerprint density at radius 1 is 1.12 bits per heavy atom. The van der Waals surface area contributed by atoms with Crippen LogP contribution in [0.3, 0.4) is 0 Å². The Bertz CT molecular complexity index is 1290. The number of Topliss-reactive ketones (excluding diaryl/α,β-unsaturated/α-hetero) is 1. The lowest BCUT2D eigenvalue weighted by molar-refractivity contribution is -0.118. The first-order valence-corrected chi connectivity index (χ1v) is 12.1. The largest absolute Gasteiger partial charge is 0.454 e. The number of benzene rings is 2. The van der Waals surface area contributed by atoms with Crippen LogP contribution in [-0.2, 0) is 9.59 Å². The number of fused-ring (bicyclic) bond motifs is 1. The molecular weight excluding hydrogens is 496 g/mol. The van der Waals surface area contributed by atoms with Crippen LogP contribution in [0.15, 0.2) is 63.4 Å². The van der Waals surface area contributed by atoms with E-state index in [1.54, 1.807) is 0 Å². The van der Waals surface area contributed by atoms with E-state index in [1.165, 1.54) is 0 Å². The zero-order chi connectivity index (χ0) is 24.2. The summed E-state index contributed by atoms with van der Waals surface area (Å²) in [6.07, 6.45) is 1.16. The van der Waals surface area contributed by atoms with Gasteiger partial charge in [-0.1, -0.05) is 48.0 Å². The molecule has 0 unspecified atom stereocenters. The van der Waals surface area contributed by atoms with Crippen LogP contribution in [0.5, 0.6) is 11.5 Å². The number of rotatable bonds is 3. The summed E-state index contributed by atoms with van der Waals surface area (Å²) in [6.45, 7) is 8.20. The highest BCUT2D eigenvalue weighted by molar-refractivity contribution is 9.10. The van der Waals surface area contributed by atoms with Gasteiger partial charge < -0.3 is 20.1 Å². The van der Waals surface area contributed by atoms with Crippen LogP contribution >= 0.6 is 15.9 Å². The minimum absolute atomic E-state index is 0.0574. The first-order chi connectivity index (χ1) is 16.1. The van der Waals surface area contributed by atoms with E-state index in [4.69, 9.17) is 9.47 Å². The standard InChI is InChI=1S/C27H27BrN2O4/c1-14-7-5-6-8-18(14)30-26(32)23-15(2)29-19-11-27(3,4)12-20(31)25(19)24(23)16-9-21-22(10-17(16)28)34-13-33-21/h5-10,24,29H,11-13H2,1-4H3,(H,30,32)/t24-/m1/s1. The van der Waals surface area contributed by atoms with E-state index in [9.17, 15) is 9.59 Å². The Hall–Kier alpha value is -3.06. The van der Waals surface area contributed by atoms with Crippen LogP contribution < -0.4 is 20.1 Å². The van der Waals surface area contributed by atoms with Crippen LogP contribution in [0.2, 0.25) is 0 Å². The minimum atomic E-state index is -0.534. The van der Waals surface area contributed by atoms with Crippen molar-refractivity contribution in [3.8, 4) is 11.5 Å². The lowest BCUT2D eigenvalue weighted by atomic mass is 9.68. The monoisotopic (exact) mass is 522 g/mol. The van der Waals surface area contributed by atoms with E-state index in [0.717, 1.165) is 39.1 Å². The average molecular weight is 523 g/mol. The molecule has 2 aromatic rings. The third-order valence-electron chi connectivity index (χ3n) is 6.68. The predicted molar refractivity (Wildman–Crippen MR) is 134 cm³/mol. The Kier molecular flexibility index (Phi) is 5.55. The molecule has 2 aromatic carbocycles. The fourth-order valence-corrected chi connectivity index (χ4v) is 5.66. The van der Waals surface area contributed by atoms with Crippen LogP contribution in [0, 0.1) is 12.3 Å². The molecule has 2 aliphatic heterocycles. The summed E-state index contributed by atoms with van der Waals surface area (Å²) in [7, 11) is 0. The molecule has 5 rings (SSSR count). The molecule has 2 N–H and O–H groups in total. The number of carbonyl (C=O) groups is 2. The van der Waals surface area contributed by atoms with E-state index in [-0.39, 0.29) is 23.9 Å². The molecule has 34 heavy (non-hydrogen) atoms. The third kappa shape index (κ3) is 3.92. The van der Waals surface area contributed by atoms with Gasteiger partial charge in [-0.15, -0.1) is 0 Å². The fourth-order valence-electron chi connectivity index (χ4n) is 5.11. The molecule has 176 valence electrons. The second-order valence-corrected chi connectivity index (χ2v) is 10.8. The summed E-state index contributed by atoms with van der Waals surface area (Å²) in [5, 5.41) is 6.48. The molecule has 1 aliphatic carbocycles. The minimum Gasteiger partial charge on any atom is -0.454 e. The third-order valence-corrected chi connectivity index (χ3v) is 7.37. The SMILES string of the molecule is CC1=C(C(=O)Nc2ccccc2C)[C@@H](c2cc3c(cc2Br)OCO3)C2=C(CC(C)(C)CC2=O)N1. The van der Waals surface area contributed by atoms with Gasteiger partial charge in [0.05, 0.1) is 0 Å². The quantitative estimate of drug-likeness (QED) is 0.538. The Labute approximate surface area is 207 Å². The fraction of sp³-hybridized carbons (Fsp3) is 0.333. The predicted octanol–water partition coefficient (Wildman–Crippen LogP) is 5.73. The molecular formula is C27H27BrN2O4. The van der Waals surface area contributed by atoms with Crippen molar-refractivity contribution in [2.75, 3.05) is 12.1 Å². The number of ether oxygens (including phenoxy) is 2. The van der Waals surface area contributed by atoms with Gasteiger partial charge in [0.15, 0.2) is 17.3 Å². The number of amides is 1. The van der Waals surface area contributed by atoms with Gasteiger partial charge >= 0.3 is 0 Å². The maximum absolute atomic E-state index is 13.8. The molecule has 0 saturated carbocycles. The van der Waals surface area contributed by atoms with Gasteiger partial charge in [-0.3, -0.25) is 9.59 Å². The highest BCUT2D eigenvalue weighted by Gasteiger charge is 2.43. The number of dihydropyridines is 1. The summed E-state index contributed by atoms with van der Waals surface area (Å²) in [4.78, 5) is 27.3. The molecule has 0 spiro atoms. The Morgan fingerprint density at radius 2 is 1.82 bits per heavy atom. The topological polar surface area (TPSA) is 76.7 Å². The van der Waals surface area contributed by atoms with Crippen LogP contribution in [0.1, 0.15) is 50.7 Å². The first kappa shape index (κ1) is 22.7. The van der Waals surface area contributed by atoms with E-state index >= 15 is 0 Å². The van der Waals surface area contributed by atoms with Gasteiger partial charge in [-0.2, -0.15) is 0 Å². The molecule has 3 aliphatic rings. The van der Waals surface area contributed by atoms with Gasteiger partial charge in [-0.05, 0) is 55.0 Å². The molecule has 0 bridgehead atoms. The Morgan fingerprint density at radius 3 is 2.56 bits per heavy atom. The van der Waals surface area contributed by atoms with Crippen molar-refractivity contribution in [1.29, 1.82) is 0 Å². The van der Waals surface area contributed by atoms with Gasteiger partial charge in [0.2, 0.25) is 6.79 Å². The van der Waals surface area contributed by atoms with Crippen molar-refractivity contribution < 1.29 is 19.1 Å². The number of anilines is 1. The van der Waals surface area contributed by atoms with E-state index in [0.29, 0.717) is 29.1 Å². The number of allylic oxidation sites excluding steroid dienone is 3. The van der Waals surface area contributed by atoms with Crippen molar-refractivity contribution in [3.05, 3.63) is 74.5 Å². The van der Waals surface area contributed by atoms with Gasteiger partial charge in [0.25, 0.3) is 5.91 Å². The lowest BCUT2D eigenvalue weighted by Crippen LogP contribution is -2.39. The van der Waals surface area contributed by atoms with E-state index < -0.39 is 5.92 Å². The number of hydrogen-bond donors (Lipinski definition) is 2. The lowest BCUT2D eigenvalue weighted by Gasteiger charge is -2.40. The Balaban J connectivity index is 1.65. The molecule has 6 nitrogen and oxygen atoms in total. The summed E-state index contributed by atoms with van der Waals surface area (Å²) < 4.78 is 11.9. The van der Waals surface area contributed by atoms with Crippen molar-refractivity contribution in [3.63, 3.8) is 0 Å². The zero-order valence-corrected chi connectivity index (χ0v) is 21.3. The van der Waals surface area contributed by atoms with E-state index in [2.05, 4.69) is 40.4 Å². The summed E-state index contributed by atoms with van der Waals surface area (Å²) in [5.41, 5.74) is 5.17. The number of para-hydroxylation sites is 1. The second kappa shape index (κ2) is 8.31. The van der Waals surface area contributed by atoms with Gasteiger partial charge in [-0.25, -0.2) is 0 Å². The maximum atomic E-state index is 13.8. The average Bonchev–Trinajstić information content (AvgIpc) is 3.20. The smallest absolute Gasteiger partial charge is 0.254 e. The number of ketones is 1. The van der Waals surface area contributed by atoms with E-state index in [1.807, 2.05) is 50.2 Å². The maximum Gasteiger partial charge on any atom is 0.254 e.